The zero-order chi connectivity index (χ0) is 12.9. The predicted octanol–water partition coefficient (Wildman–Crippen LogP) is 4.99. The minimum atomic E-state index is 0.218. The zero-order valence-corrected chi connectivity index (χ0v) is 12.2. The van der Waals surface area contributed by atoms with Gasteiger partial charge in [-0.05, 0) is 24.7 Å². The van der Waals surface area contributed by atoms with Gasteiger partial charge in [-0.3, -0.25) is 4.79 Å². The number of ketones is 1. The molecule has 0 aromatic carbocycles. The fourth-order valence-corrected chi connectivity index (χ4v) is 3.06. The van der Waals surface area contributed by atoms with Crippen molar-refractivity contribution >= 4 is 5.78 Å². The number of Topliss-reactive ketones (excluding diaryl/α,β-unsaturated/α-hetero) is 1. The van der Waals surface area contributed by atoms with Crippen LogP contribution in [0.15, 0.2) is 0 Å². The van der Waals surface area contributed by atoms with Crippen molar-refractivity contribution in [3.05, 3.63) is 0 Å². The largest absolute Gasteiger partial charge is 0.299 e. The molecule has 1 aliphatic carbocycles. The molecule has 1 nitrogen and oxygen atoms in total. The number of rotatable bonds is 7. The van der Waals surface area contributed by atoms with E-state index in [4.69, 9.17) is 0 Å². The number of hydrogen-bond donors (Lipinski definition) is 0. The molecule has 0 heterocycles. The quantitative estimate of drug-likeness (QED) is 0.571. The van der Waals surface area contributed by atoms with Crippen LogP contribution in [-0.4, -0.2) is 5.78 Å². The Labute approximate surface area is 107 Å². The van der Waals surface area contributed by atoms with E-state index in [1.165, 1.54) is 25.7 Å². The van der Waals surface area contributed by atoms with Crippen LogP contribution in [0.5, 0.6) is 0 Å². The third-order valence-electron chi connectivity index (χ3n) is 4.81. The van der Waals surface area contributed by atoms with Crippen LogP contribution < -0.4 is 0 Å². The molecule has 0 amide bonds. The molecule has 0 spiro atoms. The summed E-state index contributed by atoms with van der Waals surface area (Å²) in [5.74, 6) is 1.31. The average Bonchev–Trinajstić information content (AvgIpc) is 2.67. The van der Waals surface area contributed by atoms with Gasteiger partial charge in [0.05, 0.1) is 0 Å². The van der Waals surface area contributed by atoms with Gasteiger partial charge in [-0.2, -0.15) is 0 Å². The summed E-state index contributed by atoms with van der Waals surface area (Å²) in [6, 6.07) is 0. The first-order valence-electron chi connectivity index (χ1n) is 7.56. The summed E-state index contributed by atoms with van der Waals surface area (Å²) >= 11 is 0. The monoisotopic (exact) mass is 238 g/mol. The van der Waals surface area contributed by atoms with E-state index in [-0.39, 0.29) is 5.41 Å². The van der Waals surface area contributed by atoms with E-state index in [1.807, 2.05) is 0 Å². The topological polar surface area (TPSA) is 17.1 Å². The maximum atomic E-state index is 12.4. The van der Waals surface area contributed by atoms with Gasteiger partial charge in [-0.1, -0.05) is 59.8 Å². The van der Waals surface area contributed by atoms with Crippen LogP contribution in [0.3, 0.4) is 0 Å². The van der Waals surface area contributed by atoms with Gasteiger partial charge in [0, 0.05) is 11.8 Å². The average molecular weight is 238 g/mol. The van der Waals surface area contributed by atoms with Gasteiger partial charge >= 0.3 is 0 Å². The molecule has 1 aliphatic rings. The molecule has 1 saturated carbocycles. The van der Waals surface area contributed by atoms with Crippen molar-refractivity contribution in [3.8, 4) is 0 Å². The maximum Gasteiger partial charge on any atom is 0.139 e. The van der Waals surface area contributed by atoms with Crippen molar-refractivity contribution in [2.24, 2.45) is 17.3 Å². The number of hydrogen-bond acceptors (Lipinski definition) is 1. The van der Waals surface area contributed by atoms with Crippen LogP contribution >= 0.6 is 0 Å². The van der Waals surface area contributed by atoms with Crippen LogP contribution in [0.4, 0.5) is 0 Å². The summed E-state index contributed by atoms with van der Waals surface area (Å²) in [5.41, 5.74) is 0.218. The van der Waals surface area contributed by atoms with Crippen molar-refractivity contribution in [1.29, 1.82) is 0 Å². The summed E-state index contributed by atoms with van der Waals surface area (Å²) in [7, 11) is 0. The maximum absolute atomic E-state index is 12.4. The minimum absolute atomic E-state index is 0.218. The lowest BCUT2D eigenvalue weighted by Crippen LogP contribution is -2.28. The summed E-state index contributed by atoms with van der Waals surface area (Å²) in [5, 5.41) is 0. The molecule has 17 heavy (non-hydrogen) atoms. The summed E-state index contributed by atoms with van der Waals surface area (Å²) in [6.45, 7) is 8.96. The van der Waals surface area contributed by atoms with Gasteiger partial charge in [0.2, 0.25) is 0 Å². The van der Waals surface area contributed by atoms with Gasteiger partial charge in [-0.25, -0.2) is 0 Å². The highest BCUT2D eigenvalue weighted by molar-refractivity contribution is 5.86. The van der Waals surface area contributed by atoms with Gasteiger partial charge in [0.15, 0.2) is 0 Å². The molecule has 1 rings (SSSR count). The molecular formula is C16H30O. The highest BCUT2D eigenvalue weighted by atomic mass is 16.1. The molecule has 1 heteroatoms. The van der Waals surface area contributed by atoms with Crippen molar-refractivity contribution in [1.82, 2.24) is 0 Å². The lowest BCUT2D eigenvalue weighted by Gasteiger charge is -2.29. The fraction of sp³-hybridized carbons (Fsp3) is 0.938. The van der Waals surface area contributed by atoms with Crippen molar-refractivity contribution in [3.63, 3.8) is 0 Å². The smallest absolute Gasteiger partial charge is 0.139 e. The second-order valence-corrected chi connectivity index (χ2v) is 6.42. The van der Waals surface area contributed by atoms with Gasteiger partial charge in [0.25, 0.3) is 0 Å². The number of carbonyl (C=O) groups excluding carboxylic acids is 1. The molecule has 0 N–H and O–H groups in total. The first-order chi connectivity index (χ1) is 8.03. The SMILES string of the molecule is CCCCCCC1CCC(C(C)(C)CC)C1=O. The molecule has 1 fully saturated rings. The molecule has 0 aliphatic heterocycles. The predicted molar refractivity (Wildman–Crippen MR) is 74.1 cm³/mol. The van der Waals surface area contributed by atoms with E-state index >= 15 is 0 Å². The first kappa shape index (κ1) is 14.7. The second kappa shape index (κ2) is 6.56. The number of unbranched alkanes of at least 4 members (excludes halogenated alkanes) is 3. The zero-order valence-electron chi connectivity index (χ0n) is 12.2. The van der Waals surface area contributed by atoms with E-state index in [9.17, 15) is 4.79 Å². The van der Waals surface area contributed by atoms with E-state index in [0.717, 1.165) is 25.7 Å². The van der Waals surface area contributed by atoms with Crippen LogP contribution in [-0.2, 0) is 4.79 Å². The highest BCUT2D eigenvalue weighted by Gasteiger charge is 2.41. The third kappa shape index (κ3) is 3.82. The standard InChI is InChI=1S/C16H30O/c1-5-7-8-9-10-13-11-12-14(15(13)17)16(3,4)6-2/h13-14H,5-12H2,1-4H3. The first-order valence-corrected chi connectivity index (χ1v) is 7.56. The Bertz CT molecular complexity index is 242. The highest BCUT2D eigenvalue weighted by Crippen LogP contribution is 2.43. The lowest BCUT2D eigenvalue weighted by atomic mass is 9.74. The Morgan fingerprint density at radius 3 is 2.41 bits per heavy atom. The molecule has 0 radical (unpaired) electrons. The van der Waals surface area contributed by atoms with E-state index in [1.54, 1.807) is 0 Å². The van der Waals surface area contributed by atoms with E-state index in [2.05, 4.69) is 27.7 Å². The van der Waals surface area contributed by atoms with E-state index < -0.39 is 0 Å². The molecule has 100 valence electrons. The van der Waals surface area contributed by atoms with Crippen molar-refractivity contribution < 1.29 is 4.79 Å². The van der Waals surface area contributed by atoms with Crippen LogP contribution in [0.25, 0.3) is 0 Å². The Balaban J connectivity index is 2.39. The Morgan fingerprint density at radius 1 is 1.12 bits per heavy atom. The molecule has 0 bridgehead atoms. The van der Waals surface area contributed by atoms with Crippen molar-refractivity contribution in [2.45, 2.75) is 79.1 Å². The molecule has 2 unspecified atom stereocenters. The van der Waals surface area contributed by atoms with E-state index in [0.29, 0.717) is 17.6 Å². The van der Waals surface area contributed by atoms with Gasteiger partial charge in [0.1, 0.15) is 5.78 Å². The Kier molecular flexibility index (Phi) is 5.69. The second-order valence-electron chi connectivity index (χ2n) is 6.42. The summed E-state index contributed by atoms with van der Waals surface area (Å²) < 4.78 is 0. The van der Waals surface area contributed by atoms with Crippen molar-refractivity contribution in [2.75, 3.05) is 0 Å². The van der Waals surface area contributed by atoms with Gasteiger partial charge < -0.3 is 0 Å². The molecule has 0 aromatic heterocycles. The van der Waals surface area contributed by atoms with Crippen LogP contribution in [0, 0.1) is 17.3 Å². The third-order valence-corrected chi connectivity index (χ3v) is 4.81. The summed E-state index contributed by atoms with van der Waals surface area (Å²) in [4.78, 5) is 12.4. The molecule has 2 atom stereocenters. The molecule has 0 saturated heterocycles. The Hall–Kier alpha value is -0.330. The molecule has 0 aromatic rings. The lowest BCUT2D eigenvalue weighted by molar-refractivity contribution is -0.127. The molecular weight excluding hydrogens is 208 g/mol. The van der Waals surface area contributed by atoms with Gasteiger partial charge in [-0.15, -0.1) is 0 Å². The van der Waals surface area contributed by atoms with Crippen LogP contribution in [0.1, 0.15) is 79.1 Å². The Morgan fingerprint density at radius 2 is 1.82 bits per heavy atom. The normalized spacial score (nSPS) is 25.5. The number of carbonyl (C=O) groups is 1. The minimum Gasteiger partial charge on any atom is -0.299 e. The summed E-state index contributed by atoms with van der Waals surface area (Å²) in [6.07, 6.45) is 9.72. The fourth-order valence-electron chi connectivity index (χ4n) is 3.06. The van der Waals surface area contributed by atoms with Crippen LogP contribution in [0.2, 0.25) is 0 Å².